The second-order valence-corrected chi connectivity index (χ2v) is 17.0. The highest BCUT2D eigenvalue weighted by Gasteiger charge is 2.33. The van der Waals surface area contributed by atoms with Gasteiger partial charge in [-0.1, -0.05) is 35.9 Å². The van der Waals surface area contributed by atoms with E-state index < -0.39 is 29.9 Å². The zero-order valence-corrected chi connectivity index (χ0v) is 34.0. The van der Waals surface area contributed by atoms with Gasteiger partial charge in [0.25, 0.3) is 11.8 Å². The molecule has 2 amide bonds. The number of nitrogens with zero attached hydrogens (tertiary/aromatic N) is 3. The standard InChI is InChI=1S/C40H45ClN6O8S2/c1-21-30(19-42-33(39(50)51)23-10-15-54-16-11-23)56-36(44-21)35(48)46-28-7-3-6-27(32(28)41)25-5-4-8-29-26(25)9-14-47(29)38(49)37-45-22(2)31(57-37)20-43-34(40(52)53)24-12-17-55-18-13-24/h3-8,23-24,33-34,42-43H,9-20H2,1-2H3,(H,46,48)(H,50,51)(H,52,53)/t33-,34-/m0/s1. The van der Waals surface area contributed by atoms with Gasteiger partial charge in [-0.2, -0.15) is 0 Å². The van der Waals surface area contributed by atoms with Crippen molar-refractivity contribution >= 4 is 69.4 Å². The molecular weight excluding hydrogens is 792 g/mol. The second-order valence-electron chi connectivity index (χ2n) is 14.5. The predicted octanol–water partition coefficient (Wildman–Crippen LogP) is 5.93. The quantitative estimate of drug-likeness (QED) is 0.101. The molecule has 0 radical (unpaired) electrons. The molecule has 302 valence electrons. The summed E-state index contributed by atoms with van der Waals surface area (Å²) in [7, 11) is 0. The number of anilines is 2. The number of hydrogen-bond acceptors (Lipinski definition) is 12. The smallest absolute Gasteiger partial charge is 0.320 e. The summed E-state index contributed by atoms with van der Waals surface area (Å²) in [5.41, 5.74) is 4.97. The Morgan fingerprint density at radius 1 is 0.807 bits per heavy atom. The first-order valence-corrected chi connectivity index (χ1v) is 21.1. The van der Waals surface area contributed by atoms with Crippen LogP contribution in [0.4, 0.5) is 11.4 Å². The lowest BCUT2D eigenvalue weighted by molar-refractivity contribution is -0.143. The van der Waals surface area contributed by atoms with Crippen LogP contribution in [-0.4, -0.2) is 89.0 Å². The molecule has 3 aliphatic heterocycles. The highest BCUT2D eigenvalue weighted by molar-refractivity contribution is 7.14. The molecule has 14 nitrogen and oxygen atoms in total. The number of halogens is 1. The molecular formula is C40H45ClN6O8S2. The molecule has 0 saturated carbocycles. The molecule has 7 rings (SSSR count). The van der Waals surface area contributed by atoms with Crippen molar-refractivity contribution in [1.82, 2.24) is 20.6 Å². The first kappa shape index (κ1) is 40.9. The summed E-state index contributed by atoms with van der Waals surface area (Å²) in [6.07, 6.45) is 3.28. The third-order valence-electron chi connectivity index (χ3n) is 10.9. The normalized spacial score (nSPS) is 17.3. The Hall–Kier alpha value is -4.29. The number of carboxylic acids is 2. The van der Waals surface area contributed by atoms with Crippen LogP contribution in [0.3, 0.4) is 0 Å². The van der Waals surface area contributed by atoms with E-state index >= 15 is 0 Å². The molecule has 4 aromatic rings. The first-order chi connectivity index (χ1) is 27.5. The summed E-state index contributed by atoms with van der Waals surface area (Å²) in [6, 6.07) is 9.69. The number of ether oxygens (including phenoxy) is 2. The summed E-state index contributed by atoms with van der Waals surface area (Å²) < 4.78 is 10.8. The van der Waals surface area contributed by atoms with Crippen molar-refractivity contribution in [3.8, 4) is 11.1 Å². The van der Waals surface area contributed by atoms with Crippen LogP contribution < -0.4 is 20.9 Å². The number of hydrogen-bond donors (Lipinski definition) is 5. The molecule has 2 atom stereocenters. The van der Waals surface area contributed by atoms with E-state index in [0.717, 1.165) is 26.6 Å². The van der Waals surface area contributed by atoms with E-state index in [1.807, 2.05) is 37.3 Å². The van der Waals surface area contributed by atoms with Gasteiger partial charge >= 0.3 is 11.9 Å². The van der Waals surface area contributed by atoms with Crippen LogP contribution in [-0.2, 0) is 38.6 Å². The summed E-state index contributed by atoms with van der Waals surface area (Å²) in [5, 5.41) is 29.9. The van der Waals surface area contributed by atoms with Crippen molar-refractivity contribution < 1.29 is 38.9 Å². The molecule has 5 N–H and O–H groups in total. The zero-order valence-electron chi connectivity index (χ0n) is 31.6. The van der Waals surface area contributed by atoms with E-state index in [1.165, 1.54) is 22.7 Å². The molecule has 0 bridgehead atoms. The van der Waals surface area contributed by atoms with Gasteiger partial charge in [0.2, 0.25) is 0 Å². The predicted molar refractivity (Wildman–Crippen MR) is 218 cm³/mol. The van der Waals surface area contributed by atoms with Gasteiger partial charge in [0, 0.05) is 67.1 Å². The third-order valence-corrected chi connectivity index (χ3v) is 13.7. The van der Waals surface area contributed by atoms with Gasteiger partial charge in [-0.15, -0.1) is 22.7 Å². The number of amides is 2. The molecule has 0 aliphatic carbocycles. The van der Waals surface area contributed by atoms with Crippen LogP contribution in [0.5, 0.6) is 0 Å². The largest absolute Gasteiger partial charge is 0.480 e. The Labute approximate surface area is 343 Å². The maximum atomic E-state index is 13.9. The number of fused-ring (bicyclic) bond motifs is 1. The Morgan fingerprint density at radius 2 is 1.33 bits per heavy atom. The number of carboxylic acid groups (broad SMARTS) is 2. The van der Waals surface area contributed by atoms with Crippen molar-refractivity contribution in [2.24, 2.45) is 11.8 Å². The lowest BCUT2D eigenvalue weighted by Gasteiger charge is -2.28. The van der Waals surface area contributed by atoms with Gasteiger partial charge in [0.15, 0.2) is 10.0 Å². The van der Waals surface area contributed by atoms with E-state index in [9.17, 15) is 29.4 Å². The second kappa shape index (κ2) is 18.1. The van der Waals surface area contributed by atoms with Gasteiger partial charge in [-0.05, 0) is 81.0 Å². The van der Waals surface area contributed by atoms with Crippen molar-refractivity contribution in [2.45, 2.75) is 71.1 Å². The van der Waals surface area contributed by atoms with E-state index in [4.69, 9.17) is 21.1 Å². The topological polar surface area (TPSA) is 192 Å². The van der Waals surface area contributed by atoms with Crippen molar-refractivity contribution in [3.63, 3.8) is 0 Å². The Balaban J connectivity index is 1.03. The minimum atomic E-state index is -0.910. The highest BCUT2D eigenvalue weighted by Crippen LogP contribution is 2.42. The average molecular weight is 837 g/mol. The molecule has 2 fully saturated rings. The van der Waals surface area contributed by atoms with Crippen molar-refractivity contribution in [3.05, 3.63) is 78.1 Å². The van der Waals surface area contributed by atoms with Gasteiger partial charge in [0.1, 0.15) is 12.1 Å². The van der Waals surface area contributed by atoms with E-state index in [1.54, 1.807) is 17.9 Å². The fraction of sp³-hybridized carbons (Fsp3) is 0.450. The van der Waals surface area contributed by atoms with Crippen LogP contribution in [0, 0.1) is 25.7 Å². The number of aryl methyl sites for hydroxylation is 2. The Kier molecular flexibility index (Phi) is 13.0. The van der Waals surface area contributed by atoms with Crippen molar-refractivity contribution in [2.75, 3.05) is 43.2 Å². The van der Waals surface area contributed by atoms with E-state index in [2.05, 4.69) is 25.9 Å². The number of carbonyl (C=O) groups excluding carboxylic acids is 2. The highest BCUT2D eigenvalue weighted by atomic mass is 35.5. The molecule has 0 unspecified atom stereocenters. The summed E-state index contributed by atoms with van der Waals surface area (Å²) in [5.74, 6) is -2.54. The number of nitrogens with one attached hydrogen (secondary N) is 3. The summed E-state index contributed by atoms with van der Waals surface area (Å²) in [4.78, 5) is 63.9. The number of benzene rings is 2. The van der Waals surface area contributed by atoms with E-state index in [-0.39, 0.29) is 29.3 Å². The Bertz CT molecular complexity index is 2150. The molecule has 57 heavy (non-hydrogen) atoms. The minimum absolute atomic E-state index is 0.0290. The number of aromatic nitrogens is 2. The SMILES string of the molecule is Cc1nc(C(=O)Nc2cccc(-c3cccc4c3CCN4C(=O)c3nc(C)c(CN[C@H](C(=O)O)C4CCOCC4)s3)c2Cl)sc1CN[C@H](C(=O)O)C1CCOCC1. The summed E-state index contributed by atoms with van der Waals surface area (Å²) >= 11 is 9.47. The van der Waals surface area contributed by atoms with Crippen LogP contribution in [0.2, 0.25) is 5.02 Å². The van der Waals surface area contributed by atoms with Gasteiger partial charge < -0.3 is 29.9 Å². The number of aliphatic carboxylic acids is 2. The fourth-order valence-corrected chi connectivity index (χ4v) is 9.96. The number of carbonyl (C=O) groups is 4. The molecule has 2 aromatic carbocycles. The molecule has 3 aliphatic rings. The van der Waals surface area contributed by atoms with Crippen LogP contribution >= 0.6 is 34.3 Å². The van der Waals surface area contributed by atoms with Crippen molar-refractivity contribution in [1.29, 1.82) is 0 Å². The van der Waals surface area contributed by atoms with Crippen LogP contribution in [0.15, 0.2) is 36.4 Å². The van der Waals surface area contributed by atoms with E-state index in [0.29, 0.717) is 104 Å². The molecule has 17 heteroatoms. The summed E-state index contributed by atoms with van der Waals surface area (Å²) in [6.45, 7) is 6.81. The number of thiazole rings is 2. The molecule has 2 aromatic heterocycles. The Morgan fingerprint density at radius 3 is 1.91 bits per heavy atom. The third kappa shape index (κ3) is 9.07. The molecule has 0 spiro atoms. The lowest BCUT2D eigenvalue weighted by atomic mass is 9.92. The zero-order chi connectivity index (χ0) is 40.2. The monoisotopic (exact) mass is 836 g/mol. The van der Waals surface area contributed by atoms with Crippen LogP contribution in [0.25, 0.3) is 11.1 Å². The fourth-order valence-electron chi connectivity index (χ4n) is 7.81. The average Bonchev–Trinajstić information content (AvgIpc) is 3.92. The minimum Gasteiger partial charge on any atom is -0.480 e. The van der Waals surface area contributed by atoms with Gasteiger partial charge in [-0.25, -0.2) is 9.97 Å². The first-order valence-electron chi connectivity index (χ1n) is 19.0. The van der Waals surface area contributed by atoms with Gasteiger partial charge in [-0.3, -0.25) is 29.8 Å². The van der Waals surface area contributed by atoms with Gasteiger partial charge in [0.05, 0.1) is 22.1 Å². The maximum Gasteiger partial charge on any atom is 0.320 e. The molecule has 2 saturated heterocycles. The lowest BCUT2D eigenvalue weighted by Crippen LogP contribution is -2.44. The maximum absolute atomic E-state index is 13.9. The molecule has 5 heterocycles. The number of rotatable bonds is 14. The van der Waals surface area contributed by atoms with Crippen LogP contribution in [0.1, 0.15) is 72.0 Å².